The van der Waals surface area contributed by atoms with Crippen molar-refractivity contribution in [3.8, 4) is 0 Å². The summed E-state index contributed by atoms with van der Waals surface area (Å²) in [6.45, 7) is 7.86. The lowest BCUT2D eigenvalue weighted by Crippen LogP contribution is -2.55. The highest BCUT2D eigenvalue weighted by atomic mass is 19.1. The monoisotopic (exact) mass is 401 g/mol. The highest BCUT2D eigenvalue weighted by molar-refractivity contribution is 5.84. The Morgan fingerprint density at radius 3 is 2.69 bits per heavy atom. The number of likely N-dealkylation sites (tertiary alicyclic amines) is 1. The van der Waals surface area contributed by atoms with Crippen molar-refractivity contribution in [2.24, 2.45) is 5.41 Å². The molecular formula is C22H28FN3O3. The molecule has 2 aliphatic heterocycles. The van der Waals surface area contributed by atoms with E-state index >= 15 is 0 Å². The zero-order valence-corrected chi connectivity index (χ0v) is 17.1. The number of amides is 1. The van der Waals surface area contributed by atoms with E-state index < -0.39 is 6.09 Å². The number of pyridine rings is 1. The van der Waals surface area contributed by atoms with Crippen molar-refractivity contribution in [3.05, 3.63) is 46.0 Å². The maximum atomic E-state index is 14.5. The first-order valence-electron chi connectivity index (χ1n) is 10.2. The van der Waals surface area contributed by atoms with Crippen LogP contribution in [0.15, 0.2) is 29.1 Å². The second-order valence-electron chi connectivity index (χ2n) is 9.41. The number of hydrogen-bond acceptors (Lipinski definition) is 3. The third kappa shape index (κ3) is 3.64. The Morgan fingerprint density at radius 2 is 2.00 bits per heavy atom. The Labute approximate surface area is 169 Å². The Morgan fingerprint density at radius 1 is 1.28 bits per heavy atom. The Hall–Kier alpha value is -2.41. The minimum Gasteiger partial charge on any atom is -0.465 e. The molecule has 3 atom stereocenters. The largest absolute Gasteiger partial charge is 0.465 e. The molecule has 7 heteroatoms. The van der Waals surface area contributed by atoms with Crippen molar-refractivity contribution in [1.29, 1.82) is 0 Å². The zero-order chi connectivity index (χ0) is 20.9. The molecule has 1 aromatic carbocycles. The van der Waals surface area contributed by atoms with Crippen LogP contribution < -0.4 is 10.9 Å². The van der Waals surface area contributed by atoms with Crippen molar-refractivity contribution in [1.82, 2.24) is 14.8 Å². The molecular weight excluding hydrogens is 373 g/mol. The lowest BCUT2D eigenvalue weighted by Gasteiger charge is -2.47. The molecule has 0 saturated carbocycles. The minimum absolute atomic E-state index is 0.0491. The first kappa shape index (κ1) is 19.9. The lowest BCUT2D eigenvalue weighted by molar-refractivity contribution is 0.0388. The number of aromatic nitrogens is 1. The number of carbonyl (C=O) groups is 1. The van der Waals surface area contributed by atoms with Gasteiger partial charge in [0.25, 0.3) is 5.56 Å². The summed E-state index contributed by atoms with van der Waals surface area (Å²) < 4.78 is 16.2. The highest BCUT2D eigenvalue weighted by Crippen LogP contribution is 2.37. The Bertz CT molecular complexity index is 1010. The summed E-state index contributed by atoms with van der Waals surface area (Å²) in [7, 11) is 0. The van der Waals surface area contributed by atoms with Crippen molar-refractivity contribution in [3.63, 3.8) is 0 Å². The summed E-state index contributed by atoms with van der Waals surface area (Å²) in [6.07, 6.45) is 0.970. The van der Waals surface area contributed by atoms with Crippen LogP contribution in [0.25, 0.3) is 10.9 Å². The van der Waals surface area contributed by atoms with Crippen LogP contribution in [0.2, 0.25) is 0 Å². The van der Waals surface area contributed by atoms with E-state index in [-0.39, 0.29) is 34.9 Å². The van der Waals surface area contributed by atoms with Crippen LogP contribution in [0, 0.1) is 11.2 Å². The maximum Gasteiger partial charge on any atom is 0.404 e. The number of piperidine rings is 1. The number of rotatable bonds is 3. The predicted molar refractivity (Wildman–Crippen MR) is 110 cm³/mol. The van der Waals surface area contributed by atoms with Crippen LogP contribution in [-0.2, 0) is 6.42 Å². The lowest BCUT2D eigenvalue weighted by atomic mass is 9.79. The maximum absolute atomic E-state index is 14.5. The standard InChI is InChI=1S/C22H28FN3O3/c1-22(2,3)18-10-14(24-21(28)29)8-9-25(18)12-15-11-16-17(23)6-4-13-5-7-19(27)26(15)20(13)16/h4-7,14-15,18,24H,8-12H2,1-3H3,(H,28,29). The van der Waals surface area contributed by atoms with Gasteiger partial charge in [0.05, 0.1) is 11.6 Å². The molecule has 0 aliphatic carbocycles. The van der Waals surface area contributed by atoms with Crippen LogP contribution in [0.5, 0.6) is 0 Å². The van der Waals surface area contributed by atoms with Crippen molar-refractivity contribution in [2.75, 3.05) is 13.1 Å². The van der Waals surface area contributed by atoms with Gasteiger partial charge in [-0.15, -0.1) is 0 Å². The van der Waals surface area contributed by atoms with Gasteiger partial charge in [0, 0.05) is 36.8 Å². The summed E-state index contributed by atoms with van der Waals surface area (Å²) >= 11 is 0. The smallest absolute Gasteiger partial charge is 0.404 e. The van der Waals surface area contributed by atoms with Gasteiger partial charge in [-0.25, -0.2) is 9.18 Å². The summed E-state index contributed by atoms with van der Waals surface area (Å²) in [5.74, 6) is -0.254. The van der Waals surface area contributed by atoms with Crippen molar-refractivity contribution >= 4 is 17.0 Å². The topological polar surface area (TPSA) is 74.6 Å². The van der Waals surface area contributed by atoms with E-state index in [1.165, 1.54) is 6.07 Å². The Balaban J connectivity index is 1.63. The van der Waals surface area contributed by atoms with Gasteiger partial charge in [0.15, 0.2) is 0 Å². The van der Waals surface area contributed by atoms with E-state index in [4.69, 9.17) is 5.11 Å². The summed E-state index contributed by atoms with van der Waals surface area (Å²) in [5.41, 5.74) is 1.20. The van der Waals surface area contributed by atoms with Crippen LogP contribution >= 0.6 is 0 Å². The van der Waals surface area contributed by atoms with Gasteiger partial charge in [0.2, 0.25) is 0 Å². The van der Waals surface area contributed by atoms with Crippen LogP contribution in [0.1, 0.15) is 45.2 Å². The number of hydrogen-bond donors (Lipinski definition) is 2. The normalized spacial score (nSPS) is 24.8. The fraction of sp³-hybridized carbons (Fsp3) is 0.545. The molecule has 2 aliphatic rings. The molecule has 0 spiro atoms. The second kappa shape index (κ2) is 7.13. The summed E-state index contributed by atoms with van der Waals surface area (Å²) in [4.78, 5) is 26.1. The molecule has 3 unspecified atom stereocenters. The van der Waals surface area contributed by atoms with Crippen molar-refractivity contribution < 1.29 is 14.3 Å². The molecule has 2 aromatic rings. The minimum atomic E-state index is -0.990. The summed E-state index contributed by atoms with van der Waals surface area (Å²) in [5, 5.41) is 12.6. The number of halogens is 1. The third-order valence-electron chi connectivity index (χ3n) is 6.43. The highest BCUT2D eigenvalue weighted by Gasteiger charge is 2.39. The fourth-order valence-electron chi connectivity index (χ4n) is 5.14. The SMILES string of the molecule is CC(C)(C)C1CC(NC(=O)O)CCN1CC1Cc2c(F)ccc3ccc(=O)n1c23. The fourth-order valence-corrected chi connectivity index (χ4v) is 5.14. The molecule has 29 heavy (non-hydrogen) atoms. The van der Waals surface area contributed by atoms with E-state index in [1.54, 1.807) is 22.8 Å². The third-order valence-corrected chi connectivity index (χ3v) is 6.43. The average Bonchev–Trinajstić information content (AvgIpc) is 3.01. The van der Waals surface area contributed by atoms with Gasteiger partial charge in [-0.3, -0.25) is 9.69 Å². The molecule has 1 fully saturated rings. The number of nitrogens with zero attached hydrogens (tertiary/aromatic N) is 2. The number of nitrogens with one attached hydrogen (secondary N) is 1. The van der Waals surface area contributed by atoms with Gasteiger partial charge >= 0.3 is 6.09 Å². The molecule has 1 aromatic heterocycles. The number of carboxylic acid groups (broad SMARTS) is 1. The first-order valence-corrected chi connectivity index (χ1v) is 10.2. The molecule has 1 amide bonds. The zero-order valence-electron chi connectivity index (χ0n) is 17.1. The second-order valence-corrected chi connectivity index (χ2v) is 9.41. The van der Waals surface area contributed by atoms with E-state index in [1.807, 2.05) is 0 Å². The van der Waals surface area contributed by atoms with E-state index in [2.05, 4.69) is 31.0 Å². The molecule has 3 heterocycles. The molecule has 4 rings (SSSR count). The summed E-state index contributed by atoms with van der Waals surface area (Å²) in [6, 6.07) is 6.51. The van der Waals surface area contributed by atoms with Gasteiger partial charge in [0.1, 0.15) is 5.82 Å². The molecule has 2 N–H and O–H groups in total. The van der Waals surface area contributed by atoms with Gasteiger partial charge in [-0.05, 0) is 48.3 Å². The van der Waals surface area contributed by atoms with E-state index in [9.17, 15) is 14.0 Å². The number of benzene rings is 1. The molecule has 6 nitrogen and oxygen atoms in total. The van der Waals surface area contributed by atoms with Gasteiger partial charge in [-0.1, -0.05) is 20.8 Å². The van der Waals surface area contributed by atoms with Crippen LogP contribution in [-0.4, -0.2) is 45.8 Å². The van der Waals surface area contributed by atoms with Crippen LogP contribution in [0.3, 0.4) is 0 Å². The van der Waals surface area contributed by atoms with E-state index in [0.717, 1.165) is 30.3 Å². The molecule has 1 saturated heterocycles. The molecule has 156 valence electrons. The first-order chi connectivity index (χ1) is 13.6. The van der Waals surface area contributed by atoms with E-state index in [0.29, 0.717) is 18.5 Å². The van der Waals surface area contributed by atoms with Gasteiger partial charge < -0.3 is 15.0 Å². The molecule has 0 bridgehead atoms. The quantitative estimate of drug-likeness (QED) is 0.827. The van der Waals surface area contributed by atoms with Crippen molar-refractivity contribution in [2.45, 2.75) is 58.2 Å². The Kier molecular flexibility index (Phi) is 4.89. The predicted octanol–water partition coefficient (Wildman–Crippen LogP) is 3.38. The van der Waals surface area contributed by atoms with Gasteiger partial charge in [-0.2, -0.15) is 0 Å². The van der Waals surface area contributed by atoms with Crippen LogP contribution in [0.4, 0.5) is 9.18 Å². The molecule has 0 radical (unpaired) electrons. The average molecular weight is 401 g/mol.